The first kappa shape index (κ1) is 13.7. The number of amides is 1. The Labute approximate surface area is 129 Å². The van der Waals surface area contributed by atoms with E-state index in [2.05, 4.69) is 36.4 Å². The van der Waals surface area contributed by atoms with Crippen LogP contribution < -0.4 is 5.32 Å². The molecule has 0 bridgehead atoms. The lowest BCUT2D eigenvalue weighted by Crippen LogP contribution is -2.15. The molecule has 0 aliphatic carbocycles. The summed E-state index contributed by atoms with van der Waals surface area (Å²) in [5, 5.41) is 11.3. The van der Waals surface area contributed by atoms with Crippen molar-refractivity contribution in [2.24, 2.45) is 7.05 Å². The molecule has 0 aromatic carbocycles. The maximum Gasteiger partial charge on any atom is 0.262 e. The minimum Gasteiger partial charge on any atom is -0.306 e. The highest BCUT2D eigenvalue weighted by atomic mass is 79.9. The van der Waals surface area contributed by atoms with Crippen molar-refractivity contribution in [1.29, 1.82) is 0 Å². The normalized spacial score (nSPS) is 11.0. The van der Waals surface area contributed by atoms with Gasteiger partial charge in [0.25, 0.3) is 5.91 Å². The number of nitrogens with zero attached hydrogens (tertiary/aromatic N) is 5. The lowest BCUT2D eigenvalue weighted by molar-refractivity contribution is 0.102. The van der Waals surface area contributed by atoms with Crippen molar-refractivity contribution in [3.05, 3.63) is 39.9 Å². The van der Waals surface area contributed by atoms with Gasteiger partial charge in [-0.15, -0.1) is 0 Å². The molecule has 0 aliphatic heterocycles. The zero-order chi connectivity index (χ0) is 15.1. The van der Waals surface area contributed by atoms with Crippen molar-refractivity contribution in [2.75, 3.05) is 5.32 Å². The Morgan fingerprint density at radius 1 is 1.33 bits per heavy atom. The molecule has 3 aromatic rings. The first-order chi connectivity index (χ1) is 9.97. The minimum atomic E-state index is -0.258. The third-order valence-corrected chi connectivity index (χ3v) is 3.73. The molecule has 0 aliphatic rings. The quantitative estimate of drug-likeness (QED) is 0.769. The van der Waals surface area contributed by atoms with Gasteiger partial charge in [0.1, 0.15) is 11.4 Å². The van der Waals surface area contributed by atoms with Crippen molar-refractivity contribution in [3.8, 4) is 0 Å². The number of fused-ring (bicyclic) bond motifs is 1. The van der Waals surface area contributed by atoms with Crippen LogP contribution in [0.4, 0.5) is 5.82 Å². The van der Waals surface area contributed by atoms with Gasteiger partial charge in [-0.25, -0.2) is 9.50 Å². The number of anilines is 1. The van der Waals surface area contributed by atoms with Crippen molar-refractivity contribution in [3.63, 3.8) is 0 Å². The highest BCUT2D eigenvalue weighted by molar-refractivity contribution is 9.10. The van der Waals surface area contributed by atoms with E-state index < -0.39 is 0 Å². The van der Waals surface area contributed by atoms with Gasteiger partial charge in [-0.1, -0.05) is 0 Å². The van der Waals surface area contributed by atoms with Crippen LogP contribution in [0.15, 0.2) is 23.1 Å². The van der Waals surface area contributed by atoms with Gasteiger partial charge in [0.05, 0.1) is 16.4 Å². The van der Waals surface area contributed by atoms with Crippen LogP contribution >= 0.6 is 15.9 Å². The number of hydrogen-bond acceptors (Lipinski definition) is 4. The molecule has 3 rings (SSSR count). The summed E-state index contributed by atoms with van der Waals surface area (Å²) in [6, 6.07) is 0. The number of carbonyl (C=O) groups excluding carboxylic acids is 1. The highest BCUT2D eigenvalue weighted by Crippen LogP contribution is 2.19. The molecule has 1 amide bonds. The maximum atomic E-state index is 12.4. The van der Waals surface area contributed by atoms with E-state index in [1.807, 2.05) is 13.8 Å². The Kier molecular flexibility index (Phi) is 3.25. The fourth-order valence-corrected chi connectivity index (χ4v) is 2.42. The topological polar surface area (TPSA) is 77.1 Å². The number of carbonyl (C=O) groups is 1. The van der Waals surface area contributed by atoms with Gasteiger partial charge in [-0.3, -0.25) is 9.48 Å². The fourth-order valence-electron chi connectivity index (χ4n) is 2.13. The average molecular weight is 349 g/mol. The maximum absolute atomic E-state index is 12.4. The smallest absolute Gasteiger partial charge is 0.262 e. The highest BCUT2D eigenvalue weighted by Gasteiger charge is 2.17. The van der Waals surface area contributed by atoms with Gasteiger partial charge in [0.15, 0.2) is 5.65 Å². The van der Waals surface area contributed by atoms with Gasteiger partial charge in [0.2, 0.25) is 0 Å². The molecule has 108 valence electrons. The summed E-state index contributed by atoms with van der Waals surface area (Å²) in [5.74, 6) is 0.417. The SMILES string of the molecule is Cc1nn(C)c(NC(=O)c2cnn3cc(Br)cnc23)c1C. The monoisotopic (exact) mass is 348 g/mol. The molecule has 8 heteroatoms. The molecule has 0 saturated heterocycles. The second-order valence-corrected chi connectivity index (χ2v) is 5.65. The lowest BCUT2D eigenvalue weighted by atomic mass is 10.2. The van der Waals surface area contributed by atoms with E-state index in [4.69, 9.17) is 0 Å². The van der Waals surface area contributed by atoms with Crippen LogP contribution in [-0.2, 0) is 7.05 Å². The molecule has 3 heterocycles. The van der Waals surface area contributed by atoms with E-state index in [0.717, 1.165) is 15.7 Å². The molecule has 0 spiro atoms. The van der Waals surface area contributed by atoms with Crippen molar-refractivity contribution in [2.45, 2.75) is 13.8 Å². The third kappa shape index (κ3) is 2.31. The van der Waals surface area contributed by atoms with Gasteiger partial charge >= 0.3 is 0 Å². The fraction of sp³-hybridized carbons (Fsp3) is 0.231. The molecule has 3 aromatic heterocycles. The van der Waals surface area contributed by atoms with Crippen molar-refractivity contribution >= 4 is 33.3 Å². The predicted molar refractivity (Wildman–Crippen MR) is 81.3 cm³/mol. The summed E-state index contributed by atoms with van der Waals surface area (Å²) >= 11 is 3.32. The van der Waals surface area contributed by atoms with Crippen molar-refractivity contribution in [1.82, 2.24) is 24.4 Å². The molecular weight excluding hydrogens is 336 g/mol. The van der Waals surface area contributed by atoms with Crippen LogP contribution in [0.2, 0.25) is 0 Å². The van der Waals surface area contributed by atoms with E-state index in [9.17, 15) is 4.79 Å². The van der Waals surface area contributed by atoms with Crippen LogP contribution in [0.1, 0.15) is 21.6 Å². The molecule has 7 nitrogen and oxygen atoms in total. The second-order valence-electron chi connectivity index (χ2n) is 4.74. The molecule has 0 unspecified atom stereocenters. The van der Waals surface area contributed by atoms with Crippen LogP contribution in [0.5, 0.6) is 0 Å². The molecular formula is C13H13BrN6O. The van der Waals surface area contributed by atoms with Gasteiger partial charge in [0, 0.05) is 25.0 Å². The number of aromatic nitrogens is 5. The summed E-state index contributed by atoms with van der Waals surface area (Å²) < 4.78 is 4.00. The van der Waals surface area contributed by atoms with Gasteiger partial charge in [-0.2, -0.15) is 10.2 Å². The molecule has 1 N–H and O–H groups in total. The summed E-state index contributed by atoms with van der Waals surface area (Å²) in [5.41, 5.74) is 2.75. The number of nitrogens with one attached hydrogen (secondary N) is 1. The van der Waals surface area contributed by atoms with E-state index in [1.165, 1.54) is 6.20 Å². The summed E-state index contributed by atoms with van der Waals surface area (Å²) in [6.07, 6.45) is 4.88. The van der Waals surface area contributed by atoms with Crippen LogP contribution in [0.3, 0.4) is 0 Å². The zero-order valence-electron chi connectivity index (χ0n) is 11.8. The van der Waals surface area contributed by atoms with Gasteiger partial charge < -0.3 is 5.32 Å². The van der Waals surface area contributed by atoms with E-state index >= 15 is 0 Å². The van der Waals surface area contributed by atoms with Crippen LogP contribution in [-0.4, -0.2) is 30.3 Å². The molecule has 0 saturated carbocycles. The summed E-state index contributed by atoms with van der Waals surface area (Å²) in [6.45, 7) is 3.82. The predicted octanol–water partition coefficient (Wildman–Crippen LogP) is 2.09. The van der Waals surface area contributed by atoms with E-state index in [-0.39, 0.29) is 5.91 Å². The molecule has 0 radical (unpaired) electrons. The molecule has 0 fully saturated rings. The number of aryl methyl sites for hydroxylation is 2. The van der Waals surface area contributed by atoms with E-state index in [0.29, 0.717) is 17.0 Å². The number of rotatable bonds is 2. The first-order valence-electron chi connectivity index (χ1n) is 6.28. The second kappa shape index (κ2) is 4.96. The minimum absolute atomic E-state index is 0.258. The first-order valence-corrected chi connectivity index (χ1v) is 7.07. The third-order valence-electron chi connectivity index (χ3n) is 3.32. The Bertz CT molecular complexity index is 850. The Hall–Kier alpha value is -2.22. The van der Waals surface area contributed by atoms with Crippen LogP contribution in [0.25, 0.3) is 5.65 Å². The van der Waals surface area contributed by atoms with Crippen LogP contribution in [0, 0.1) is 13.8 Å². The van der Waals surface area contributed by atoms with Gasteiger partial charge in [-0.05, 0) is 29.8 Å². The largest absolute Gasteiger partial charge is 0.306 e. The Morgan fingerprint density at radius 2 is 2.10 bits per heavy atom. The lowest BCUT2D eigenvalue weighted by Gasteiger charge is -2.05. The van der Waals surface area contributed by atoms with E-state index in [1.54, 1.807) is 28.6 Å². The zero-order valence-corrected chi connectivity index (χ0v) is 13.3. The number of hydrogen-bond donors (Lipinski definition) is 1. The van der Waals surface area contributed by atoms with Crippen molar-refractivity contribution < 1.29 is 4.79 Å². The molecule has 0 atom stereocenters. The Balaban J connectivity index is 1.97. The number of halogens is 1. The summed E-state index contributed by atoms with van der Waals surface area (Å²) in [4.78, 5) is 16.7. The summed E-state index contributed by atoms with van der Waals surface area (Å²) in [7, 11) is 1.79. The molecule has 21 heavy (non-hydrogen) atoms. The standard InChI is InChI=1S/C13H13BrN6O/c1-7-8(2)18-19(3)11(7)17-13(21)10-5-16-20-6-9(14)4-15-12(10)20/h4-6H,1-3H3,(H,17,21). The Morgan fingerprint density at radius 3 is 2.76 bits per heavy atom. The average Bonchev–Trinajstić information content (AvgIpc) is 2.95.